The fraction of sp³-hybridized carbons (Fsp3) is 0.360. The molecular formula is C25H28N2O3. The average Bonchev–Trinajstić information content (AvgIpc) is 3.15. The molecule has 3 aromatic rings. The molecule has 1 amide bonds. The lowest BCUT2D eigenvalue weighted by atomic mass is 9.95. The number of hydrogen-bond donors (Lipinski definition) is 2. The normalized spacial score (nSPS) is 14.2. The topological polar surface area (TPSA) is 71.2 Å². The highest BCUT2D eigenvalue weighted by atomic mass is 16.5. The zero-order chi connectivity index (χ0) is 21.1. The summed E-state index contributed by atoms with van der Waals surface area (Å²) in [5.41, 5.74) is 5.97. The van der Waals surface area contributed by atoms with Gasteiger partial charge in [0.05, 0.1) is 5.56 Å². The van der Waals surface area contributed by atoms with E-state index in [0.717, 1.165) is 41.4 Å². The minimum Gasteiger partial charge on any atom is -0.452 e. The number of aromatic nitrogens is 1. The molecule has 1 aromatic heterocycles. The number of aromatic amines is 1. The van der Waals surface area contributed by atoms with Gasteiger partial charge in [-0.3, -0.25) is 4.79 Å². The third kappa shape index (κ3) is 4.11. The minimum absolute atomic E-state index is 0.309. The van der Waals surface area contributed by atoms with Gasteiger partial charge in [0.1, 0.15) is 0 Å². The summed E-state index contributed by atoms with van der Waals surface area (Å²) in [7, 11) is 0. The number of ether oxygens (including phenoxy) is 1. The molecule has 1 atom stereocenters. The Morgan fingerprint density at radius 1 is 1.13 bits per heavy atom. The van der Waals surface area contributed by atoms with E-state index in [1.807, 2.05) is 36.4 Å². The molecule has 1 aliphatic carbocycles. The number of para-hydroxylation sites is 1. The molecule has 0 unspecified atom stereocenters. The molecule has 5 nitrogen and oxygen atoms in total. The van der Waals surface area contributed by atoms with Crippen molar-refractivity contribution in [3.05, 3.63) is 64.8 Å². The van der Waals surface area contributed by atoms with E-state index >= 15 is 0 Å². The monoisotopic (exact) mass is 404 g/mol. The zero-order valence-corrected chi connectivity index (χ0v) is 17.6. The van der Waals surface area contributed by atoms with Crippen molar-refractivity contribution in [2.45, 2.75) is 51.9 Å². The number of nitrogens with one attached hydrogen (secondary N) is 2. The quantitative estimate of drug-likeness (QED) is 0.544. The molecule has 1 aliphatic rings. The predicted octanol–water partition coefficient (Wildman–Crippen LogP) is 5.36. The van der Waals surface area contributed by atoms with Gasteiger partial charge in [0.2, 0.25) is 0 Å². The van der Waals surface area contributed by atoms with Crippen LogP contribution in [0.15, 0.2) is 42.5 Å². The lowest BCUT2D eigenvalue weighted by Crippen LogP contribution is -2.21. The van der Waals surface area contributed by atoms with Crippen molar-refractivity contribution in [1.29, 1.82) is 0 Å². The van der Waals surface area contributed by atoms with Gasteiger partial charge in [-0.15, -0.1) is 0 Å². The largest absolute Gasteiger partial charge is 0.452 e. The van der Waals surface area contributed by atoms with Crippen LogP contribution in [0.4, 0.5) is 5.69 Å². The Hall–Kier alpha value is -3.08. The number of carbonyl (C=O) groups excluding carboxylic acids is 2. The molecule has 2 aromatic carbocycles. The van der Waals surface area contributed by atoms with Gasteiger partial charge in [0, 0.05) is 22.3 Å². The van der Waals surface area contributed by atoms with Gasteiger partial charge in [-0.05, 0) is 73.4 Å². The molecule has 0 fully saturated rings. The Morgan fingerprint density at radius 3 is 2.77 bits per heavy atom. The van der Waals surface area contributed by atoms with E-state index in [2.05, 4.69) is 24.1 Å². The van der Waals surface area contributed by atoms with Crippen molar-refractivity contribution >= 4 is 28.5 Å². The van der Waals surface area contributed by atoms with E-state index in [1.165, 1.54) is 24.1 Å². The van der Waals surface area contributed by atoms with Crippen molar-refractivity contribution in [3.63, 3.8) is 0 Å². The molecule has 1 heterocycles. The van der Waals surface area contributed by atoms with E-state index in [-0.39, 0.29) is 12.5 Å². The standard InChI is InChI=1S/C25H28N2O3/c1-3-16(2)18-8-4-6-10-21(18)27-24(28)15-30-25(29)17-12-13-23-20(14-17)19-9-5-7-11-22(19)26-23/h4,6,8,10,12-14,16,26H,3,5,7,9,11,15H2,1-2H3,(H,27,28)/t16-/m0/s1. The summed E-state index contributed by atoms with van der Waals surface area (Å²) in [6.07, 6.45) is 5.44. The number of carbonyl (C=O) groups is 2. The first-order valence-corrected chi connectivity index (χ1v) is 10.8. The summed E-state index contributed by atoms with van der Waals surface area (Å²) in [4.78, 5) is 28.4. The average molecular weight is 405 g/mol. The Morgan fingerprint density at radius 2 is 1.93 bits per heavy atom. The van der Waals surface area contributed by atoms with Gasteiger partial charge in [0.15, 0.2) is 6.61 Å². The number of benzene rings is 2. The summed E-state index contributed by atoms with van der Waals surface area (Å²) in [6.45, 7) is 3.93. The molecular weight excluding hydrogens is 376 g/mol. The molecule has 2 N–H and O–H groups in total. The lowest BCUT2D eigenvalue weighted by Gasteiger charge is -2.15. The fourth-order valence-electron chi connectivity index (χ4n) is 4.19. The van der Waals surface area contributed by atoms with E-state index < -0.39 is 5.97 Å². The first-order chi connectivity index (χ1) is 14.6. The first kappa shape index (κ1) is 20.2. The molecule has 0 radical (unpaired) electrons. The Bertz CT molecular complexity index is 1080. The highest BCUT2D eigenvalue weighted by Gasteiger charge is 2.18. The van der Waals surface area contributed by atoms with E-state index in [9.17, 15) is 9.59 Å². The lowest BCUT2D eigenvalue weighted by molar-refractivity contribution is -0.119. The van der Waals surface area contributed by atoms with Gasteiger partial charge in [0.25, 0.3) is 5.91 Å². The zero-order valence-electron chi connectivity index (χ0n) is 17.6. The molecule has 0 saturated heterocycles. The number of amides is 1. The van der Waals surface area contributed by atoms with Crippen LogP contribution in [0.1, 0.15) is 66.2 Å². The Balaban J connectivity index is 1.42. The van der Waals surface area contributed by atoms with Crippen molar-refractivity contribution in [1.82, 2.24) is 4.98 Å². The van der Waals surface area contributed by atoms with E-state index in [0.29, 0.717) is 11.5 Å². The van der Waals surface area contributed by atoms with Gasteiger partial charge in [-0.2, -0.15) is 0 Å². The minimum atomic E-state index is -0.479. The van der Waals surface area contributed by atoms with Crippen molar-refractivity contribution in [2.75, 3.05) is 11.9 Å². The molecule has 0 bridgehead atoms. The van der Waals surface area contributed by atoms with Gasteiger partial charge in [-0.1, -0.05) is 32.0 Å². The third-order valence-electron chi connectivity index (χ3n) is 6.05. The second kappa shape index (κ2) is 8.74. The number of rotatable bonds is 6. The predicted molar refractivity (Wildman–Crippen MR) is 119 cm³/mol. The summed E-state index contributed by atoms with van der Waals surface area (Å²) in [5, 5.41) is 3.97. The molecule has 0 spiro atoms. The van der Waals surface area contributed by atoms with E-state index in [4.69, 9.17) is 4.74 Å². The maximum atomic E-state index is 12.5. The fourth-order valence-corrected chi connectivity index (χ4v) is 4.19. The van der Waals surface area contributed by atoms with Crippen LogP contribution in [0.2, 0.25) is 0 Å². The SMILES string of the molecule is CC[C@H](C)c1ccccc1NC(=O)COC(=O)c1ccc2[nH]c3c(c2c1)CCCC3. The van der Waals surface area contributed by atoms with Crippen LogP contribution in [-0.2, 0) is 22.4 Å². The second-order valence-corrected chi connectivity index (χ2v) is 8.07. The molecule has 4 rings (SSSR count). The van der Waals surface area contributed by atoms with Crippen molar-refractivity contribution in [3.8, 4) is 0 Å². The number of anilines is 1. The van der Waals surface area contributed by atoms with Crippen LogP contribution in [0.3, 0.4) is 0 Å². The first-order valence-electron chi connectivity index (χ1n) is 10.8. The van der Waals surface area contributed by atoms with Crippen LogP contribution in [-0.4, -0.2) is 23.5 Å². The number of H-pyrrole nitrogens is 1. The molecule has 0 aliphatic heterocycles. The van der Waals surface area contributed by atoms with Gasteiger partial charge >= 0.3 is 5.97 Å². The number of aryl methyl sites for hydroxylation is 2. The number of fused-ring (bicyclic) bond motifs is 3. The molecule has 30 heavy (non-hydrogen) atoms. The summed E-state index contributed by atoms with van der Waals surface area (Å²) >= 11 is 0. The van der Waals surface area contributed by atoms with Crippen molar-refractivity contribution < 1.29 is 14.3 Å². The Labute approximate surface area is 176 Å². The van der Waals surface area contributed by atoms with Crippen LogP contribution in [0.5, 0.6) is 0 Å². The second-order valence-electron chi connectivity index (χ2n) is 8.07. The molecule has 0 saturated carbocycles. The summed E-state index contributed by atoms with van der Waals surface area (Å²) in [6, 6.07) is 13.3. The van der Waals surface area contributed by atoms with E-state index in [1.54, 1.807) is 6.07 Å². The van der Waals surface area contributed by atoms with Gasteiger partial charge in [-0.25, -0.2) is 4.79 Å². The van der Waals surface area contributed by atoms with Crippen LogP contribution >= 0.6 is 0 Å². The third-order valence-corrected chi connectivity index (χ3v) is 6.05. The maximum absolute atomic E-state index is 12.5. The van der Waals surface area contributed by atoms with Crippen molar-refractivity contribution in [2.24, 2.45) is 0 Å². The smallest absolute Gasteiger partial charge is 0.338 e. The van der Waals surface area contributed by atoms with Crippen LogP contribution in [0.25, 0.3) is 10.9 Å². The maximum Gasteiger partial charge on any atom is 0.338 e. The highest BCUT2D eigenvalue weighted by molar-refractivity contribution is 5.98. The molecule has 156 valence electrons. The van der Waals surface area contributed by atoms with Gasteiger partial charge < -0.3 is 15.0 Å². The Kier molecular flexibility index (Phi) is 5.88. The number of esters is 1. The molecule has 5 heteroatoms. The van der Waals surface area contributed by atoms with Crippen LogP contribution < -0.4 is 5.32 Å². The van der Waals surface area contributed by atoms with Crippen LogP contribution in [0, 0.1) is 0 Å². The summed E-state index contributed by atoms with van der Waals surface area (Å²) < 4.78 is 5.30. The number of hydrogen-bond acceptors (Lipinski definition) is 3. The summed E-state index contributed by atoms with van der Waals surface area (Å²) in [5.74, 6) is -0.477. The highest BCUT2D eigenvalue weighted by Crippen LogP contribution is 2.30.